The SMILES string of the molecule is CNC(=O)[C@H]1CCCN1C(=O)CNC(=O)Nc1cc(F)cc(F)c1. The van der Waals surface area contributed by atoms with E-state index < -0.39 is 29.6 Å². The highest BCUT2D eigenvalue weighted by atomic mass is 19.1. The Balaban J connectivity index is 1.87. The summed E-state index contributed by atoms with van der Waals surface area (Å²) in [5.74, 6) is -2.30. The molecule has 7 nitrogen and oxygen atoms in total. The first-order chi connectivity index (χ1) is 11.4. The third kappa shape index (κ3) is 4.40. The third-order valence-electron chi connectivity index (χ3n) is 3.64. The van der Waals surface area contributed by atoms with Crippen molar-refractivity contribution in [3.05, 3.63) is 29.8 Å². The highest BCUT2D eigenvalue weighted by molar-refractivity contribution is 5.93. The van der Waals surface area contributed by atoms with E-state index in [9.17, 15) is 23.2 Å². The molecule has 0 aromatic heterocycles. The number of rotatable bonds is 4. The number of carbonyl (C=O) groups excluding carboxylic acids is 3. The van der Waals surface area contributed by atoms with Gasteiger partial charge >= 0.3 is 6.03 Å². The number of likely N-dealkylation sites (N-methyl/N-ethyl adjacent to an activating group) is 1. The number of carbonyl (C=O) groups is 3. The molecule has 1 saturated heterocycles. The van der Waals surface area contributed by atoms with Crippen molar-refractivity contribution in [2.24, 2.45) is 0 Å². The maximum atomic E-state index is 13.0. The van der Waals surface area contributed by atoms with E-state index in [0.717, 1.165) is 12.1 Å². The molecule has 0 saturated carbocycles. The summed E-state index contributed by atoms with van der Waals surface area (Å²) in [6.45, 7) is 0.118. The van der Waals surface area contributed by atoms with Crippen LogP contribution in [0, 0.1) is 11.6 Å². The lowest BCUT2D eigenvalue weighted by Gasteiger charge is -2.23. The minimum atomic E-state index is -0.827. The number of nitrogens with one attached hydrogen (secondary N) is 3. The number of hydrogen-bond acceptors (Lipinski definition) is 3. The number of benzene rings is 1. The number of hydrogen-bond donors (Lipinski definition) is 3. The van der Waals surface area contributed by atoms with Crippen LogP contribution < -0.4 is 16.0 Å². The molecule has 1 aliphatic heterocycles. The van der Waals surface area contributed by atoms with Crippen molar-refractivity contribution in [2.75, 3.05) is 25.5 Å². The van der Waals surface area contributed by atoms with Gasteiger partial charge in [-0.25, -0.2) is 13.6 Å². The largest absolute Gasteiger partial charge is 0.357 e. The van der Waals surface area contributed by atoms with Gasteiger partial charge in [-0.15, -0.1) is 0 Å². The predicted molar refractivity (Wildman–Crippen MR) is 82.2 cm³/mol. The number of amides is 4. The normalized spacial score (nSPS) is 16.6. The quantitative estimate of drug-likeness (QED) is 0.758. The molecule has 0 radical (unpaired) electrons. The second kappa shape index (κ2) is 7.71. The van der Waals surface area contributed by atoms with Gasteiger partial charge in [0.2, 0.25) is 11.8 Å². The van der Waals surface area contributed by atoms with E-state index >= 15 is 0 Å². The van der Waals surface area contributed by atoms with Crippen LogP contribution in [-0.2, 0) is 9.59 Å². The molecule has 3 N–H and O–H groups in total. The Labute approximate surface area is 137 Å². The zero-order valence-corrected chi connectivity index (χ0v) is 13.1. The second-order valence-electron chi connectivity index (χ2n) is 5.33. The van der Waals surface area contributed by atoms with Crippen molar-refractivity contribution in [3.8, 4) is 0 Å². The minimum absolute atomic E-state index is 0.0677. The third-order valence-corrected chi connectivity index (χ3v) is 3.64. The van der Waals surface area contributed by atoms with Gasteiger partial charge in [-0.3, -0.25) is 9.59 Å². The van der Waals surface area contributed by atoms with Crippen LogP contribution in [0.5, 0.6) is 0 Å². The number of urea groups is 1. The number of halogens is 2. The molecule has 1 fully saturated rings. The van der Waals surface area contributed by atoms with Crippen molar-refractivity contribution in [3.63, 3.8) is 0 Å². The molecule has 1 atom stereocenters. The summed E-state index contributed by atoms with van der Waals surface area (Å²) in [5.41, 5.74) is -0.0677. The van der Waals surface area contributed by atoms with Crippen LogP contribution in [0.25, 0.3) is 0 Å². The molecule has 1 aliphatic rings. The predicted octanol–water partition coefficient (Wildman–Crippen LogP) is 0.823. The molecule has 0 bridgehead atoms. The van der Waals surface area contributed by atoms with Crippen molar-refractivity contribution in [2.45, 2.75) is 18.9 Å². The maximum Gasteiger partial charge on any atom is 0.319 e. The van der Waals surface area contributed by atoms with Gasteiger partial charge in [-0.1, -0.05) is 0 Å². The van der Waals surface area contributed by atoms with E-state index in [4.69, 9.17) is 0 Å². The van der Waals surface area contributed by atoms with Gasteiger partial charge in [0, 0.05) is 25.3 Å². The first-order valence-corrected chi connectivity index (χ1v) is 7.42. The molecular formula is C15H18F2N4O3. The van der Waals surface area contributed by atoms with E-state index in [2.05, 4.69) is 16.0 Å². The highest BCUT2D eigenvalue weighted by Crippen LogP contribution is 2.17. The molecule has 2 rings (SSSR count). The molecule has 4 amide bonds. The van der Waals surface area contributed by atoms with Crippen LogP contribution in [-0.4, -0.2) is 48.9 Å². The fraction of sp³-hybridized carbons (Fsp3) is 0.400. The Morgan fingerprint density at radius 1 is 1.21 bits per heavy atom. The Hall–Kier alpha value is -2.71. The highest BCUT2D eigenvalue weighted by Gasteiger charge is 2.33. The van der Waals surface area contributed by atoms with Gasteiger partial charge in [0.05, 0.1) is 6.54 Å². The van der Waals surface area contributed by atoms with Crippen LogP contribution in [0.1, 0.15) is 12.8 Å². The summed E-state index contributed by atoms with van der Waals surface area (Å²) in [4.78, 5) is 36.9. The van der Waals surface area contributed by atoms with Gasteiger partial charge in [-0.2, -0.15) is 0 Å². The van der Waals surface area contributed by atoms with Gasteiger partial charge in [0.15, 0.2) is 0 Å². The lowest BCUT2D eigenvalue weighted by atomic mass is 10.2. The number of nitrogens with zero attached hydrogens (tertiary/aromatic N) is 1. The smallest absolute Gasteiger partial charge is 0.319 e. The van der Waals surface area contributed by atoms with Gasteiger partial charge in [0.25, 0.3) is 0 Å². The molecule has 24 heavy (non-hydrogen) atoms. The standard InChI is InChI=1S/C15H18F2N4O3/c1-18-14(23)12-3-2-4-21(12)13(22)8-19-15(24)20-11-6-9(16)5-10(17)7-11/h5-7,12H,2-4,8H2,1H3,(H,18,23)(H2,19,20,24)/t12-/m1/s1. The topological polar surface area (TPSA) is 90.5 Å². The first kappa shape index (κ1) is 17.6. The van der Waals surface area contributed by atoms with Crippen LogP contribution in [0.2, 0.25) is 0 Å². The summed E-state index contributed by atoms with van der Waals surface area (Å²) in [5, 5.41) is 7.04. The lowest BCUT2D eigenvalue weighted by Crippen LogP contribution is -2.48. The Kier molecular flexibility index (Phi) is 5.67. The fourth-order valence-corrected chi connectivity index (χ4v) is 2.56. The number of anilines is 1. The maximum absolute atomic E-state index is 13.0. The molecule has 1 aromatic carbocycles. The Morgan fingerprint density at radius 2 is 1.88 bits per heavy atom. The molecule has 9 heteroatoms. The van der Waals surface area contributed by atoms with Crippen molar-refractivity contribution < 1.29 is 23.2 Å². The van der Waals surface area contributed by atoms with Crippen LogP contribution in [0.4, 0.5) is 19.3 Å². The second-order valence-corrected chi connectivity index (χ2v) is 5.33. The van der Waals surface area contributed by atoms with Crippen LogP contribution in [0.3, 0.4) is 0 Å². The zero-order chi connectivity index (χ0) is 17.7. The molecule has 0 aliphatic carbocycles. The van der Waals surface area contributed by atoms with Gasteiger partial charge in [-0.05, 0) is 25.0 Å². The van der Waals surface area contributed by atoms with E-state index in [0.29, 0.717) is 25.5 Å². The summed E-state index contributed by atoms with van der Waals surface area (Å²) < 4.78 is 26.1. The van der Waals surface area contributed by atoms with Crippen LogP contribution >= 0.6 is 0 Å². The first-order valence-electron chi connectivity index (χ1n) is 7.42. The molecule has 1 heterocycles. The average Bonchev–Trinajstić information content (AvgIpc) is 3.00. The Bertz CT molecular complexity index is 633. The summed E-state index contributed by atoms with van der Waals surface area (Å²) in [6, 6.07) is 1.27. The van der Waals surface area contributed by atoms with Gasteiger partial charge < -0.3 is 20.9 Å². The molecular weight excluding hydrogens is 322 g/mol. The summed E-state index contributed by atoms with van der Waals surface area (Å²) in [7, 11) is 1.49. The van der Waals surface area contributed by atoms with Crippen molar-refractivity contribution in [1.82, 2.24) is 15.5 Å². The monoisotopic (exact) mass is 340 g/mol. The molecule has 130 valence electrons. The van der Waals surface area contributed by atoms with E-state index in [-0.39, 0.29) is 18.1 Å². The van der Waals surface area contributed by atoms with E-state index in [1.807, 2.05) is 0 Å². The average molecular weight is 340 g/mol. The van der Waals surface area contributed by atoms with Gasteiger partial charge in [0.1, 0.15) is 17.7 Å². The lowest BCUT2D eigenvalue weighted by molar-refractivity contribution is -0.137. The summed E-state index contributed by atoms with van der Waals surface area (Å²) in [6.07, 6.45) is 1.28. The van der Waals surface area contributed by atoms with E-state index in [1.54, 1.807) is 0 Å². The molecule has 0 unspecified atom stereocenters. The van der Waals surface area contributed by atoms with Crippen molar-refractivity contribution >= 4 is 23.5 Å². The Morgan fingerprint density at radius 3 is 2.50 bits per heavy atom. The van der Waals surface area contributed by atoms with Crippen LogP contribution in [0.15, 0.2) is 18.2 Å². The fourth-order valence-electron chi connectivity index (χ4n) is 2.56. The van der Waals surface area contributed by atoms with Crippen molar-refractivity contribution in [1.29, 1.82) is 0 Å². The minimum Gasteiger partial charge on any atom is -0.357 e. The van der Waals surface area contributed by atoms with E-state index in [1.165, 1.54) is 11.9 Å². The molecule has 1 aromatic rings. The molecule has 0 spiro atoms. The number of likely N-dealkylation sites (tertiary alicyclic amines) is 1. The zero-order valence-electron chi connectivity index (χ0n) is 13.1. The summed E-state index contributed by atoms with van der Waals surface area (Å²) >= 11 is 0.